The van der Waals surface area contributed by atoms with Crippen molar-refractivity contribution in [2.24, 2.45) is 23.7 Å². The molecule has 24 heteroatoms. The van der Waals surface area contributed by atoms with Crippen molar-refractivity contribution in [3.05, 3.63) is 57.6 Å². The third-order valence-electron chi connectivity index (χ3n) is 4.05. The first kappa shape index (κ1) is 49.4. The molecule has 40 heavy (non-hydrogen) atoms. The van der Waals surface area contributed by atoms with Crippen LogP contribution in [0.1, 0.15) is 12.8 Å². The molecule has 0 atom stereocenters. The molecule has 0 aliphatic heterocycles. The molecule has 4 aliphatic rings. The smallest absolute Gasteiger partial charge is 0.527 e. The molecule has 0 saturated carbocycles. The Morgan fingerprint density at radius 3 is 0.900 bits per heavy atom. The molecule has 10 nitrogen and oxygen atoms in total. The third kappa shape index (κ3) is 18.5. The first-order chi connectivity index (χ1) is 16.2. The minimum absolute atomic E-state index is 0. The van der Waals surface area contributed by atoms with E-state index in [9.17, 15) is 43.2 Å². The van der Waals surface area contributed by atoms with Gasteiger partial charge in [0.2, 0.25) is 20.0 Å². The molecule has 0 amide bonds. The number of hydrogen-bond donors (Lipinski definition) is 4. The average molecular weight is 990 g/mol. The molecule has 226 valence electrons. The predicted molar refractivity (Wildman–Crippen MR) is 117 cm³/mol. The van der Waals surface area contributed by atoms with Crippen LogP contribution in [0.5, 0.6) is 0 Å². The van der Waals surface area contributed by atoms with E-state index in [2.05, 4.69) is 48.6 Å². The zero-order valence-electron chi connectivity index (χ0n) is 19.3. The summed E-state index contributed by atoms with van der Waals surface area (Å²) in [5.74, 6) is 2.52. The Labute approximate surface area is 305 Å². The second kappa shape index (κ2) is 21.3. The van der Waals surface area contributed by atoms with E-state index in [4.69, 9.17) is 19.6 Å². The van der Waals surface area contributed by atoms with Gasteiger partial charge in [-0.25, -0.2) is 36.4 Å². The SMILES string of the molecule is O=S(=O)([N-][PH+](O)O)C(F)(F)F.O=S(=O)([N-][PH+](O)O)C(F)(F)F.[C-]1=CC2C=[C-]C1C2.[C-]1=CC2C=[C-]C1C2.[Rh+3].[Rh+3].[Y].[Y]. The van der Waals surface area contributed by atoms with Gasteiger partial charge in [0.1, 0.15) is 0 Å². The van der Waals surface area contributed by atoms with Crippen molar-refractivity contribution >= 4 is 37.1 Å². The summed E-state index contributed by atoms with van der Waals surface area (Å²) >= 11 is 0. The Morgan fingerprint density at radius 2 is 0.850 bits per heavy atom. The molecule has 0 spiro atoms. The summed E-state index contributed by atoms with van der Waals surface area (Å²) in [7, 11) is -19.0. The maximum absolute atomic E-state index is 11.3. The van der Waals surface area contributed by atoms with Gasteiger partial charge in [-0.3, -0.25) is 24.3 Å². The van der Waals surface area contributed by atoms with E-state index in [1.165, 1.54) is 12.8 Å². The third-order valence-corrected chi connectivity index (χ3v) is 8.45. The van der Waals surface area contributed by atoms with Gasteiger partial charge in [0, 0.05) is 65.4 Å². The topological polar surface area (TPSA) is 177 Å². The molecule has 2 radical (unpaired) electrons. The monoisotopic (exact) mass is 990 g/mol. The van der Waals surface area contributed by atoms with Gasteiger partial charge in [-0.1, -0.05) is 24.7 Å². The molecule has 0 heterocycles. The zero-order valence-corrected chi connectivity index (χ0v) is 31.8. The normalized spacial score (nSPS) is 22.9. The van der Waals surface area contributed by atoms with Crippen LogP contribution in [-0.4, -0.2) is 47.4 Å². The predicted octanol–water partition coefficient (Wildman–Crippen LogP) is 3.01. The van der Waals surface area contributed by atoms with Crippen LogP contribution in [0.15, 0.2) is 24.3 Å². The molecule has 0 aromatic heterocycles. The van der Waals surface area contributed by atoms with Crippen LogP contribution in [0.2, 0.25) is 0 Å². The summed E-state index contributed by atoms with van der Waals surface area (Å²) in [6.07, 6.45) is 23.8. The van der Waals surface area contributed by atoms with E-state index in [1.54, 1.807) is 8.99 Å². The number of hydrogen-bond acceptors (Lipinski definition) is 8. The van der Waals surface area contributed by atoms with Crippen LogP contribution in [0.3, 0.4) is 0 Å². The number of halogens is 6. The first-order valence-corrected chi connectivity index (χ1v) is 14.8. The number of fused-ring (bicyclic) bond motifs is 4. The average Bonchev–Trinajstić information content (AvgIpc) is 3.49. The maximum Gasteiger partial charge on any atom is 3.00 e. The number of nitrogens with zero attached hydrogens (tertiary/aromatic N) is 2. The second-order valence-corrected chi connectivity index (χ2v) is 12.3. The van der Waals surface area contributed by atoms with E-state index in [0.717, 1.165) is 0 Å². The molecule has 4 rings (SSSR count). The quantitative estimate of drug-likeness (QED) is 0.144. The number of sulfonamides is 2. The second-order valence-electron chi connectivity index (χ2n) is 6.86. The Balaban J connectivity index is -0.000000211. The van der Waals surface area contributed by atoms with Crippen LogP contribution >= 0.6 is 17.1 Å². The van der Waals surface area contributed by atoms with E-state index >= 15 is 0 Å². The Kier molecular flexibility index (Phi) is 26.3. The molecular weight excluding hydrogens is 972 g/mol. The largest absolute Gasteiger partial charge is 3.00 e. The van der Waals surface area contributed by atoms with E-state index in [-0.39, 0.29) is 104 Å². The molecule has 4 N–H and O–H groups in total. The van der Waals surface area contributed by atoms with Crippen LogP contribution < -0.4 is 0 Å². The van der Waals surface area contributed by atoms with Crippen molar-refractivity contribution < 1.29 is 167 Å². The summed E-state index contributed by atoms with van der Waals surface area (Å²) < 4.78 is 111. The van der Waals surface area contributed by atoms with Gasteiger partial charge in [-0.05, 0) is 0 Å². The molecule has 0 unspecified atom stereocenters. The number of alkyl halides is 6. The van der Waals surface area contributed by atoms with Gasteiger partial charge in [0.25, 0.3) is 0 Å². The molecule has 0 aromatic carbocycles. The molecule has 0 fully saturated rings. The fourth-order valence-corrected chi connectivity index (χ4v) is 5.11. The Morgan fingerprint density at radius 1 is 0.625 bits per heavy atom. The standard InChI is InChI=1S/2C7H6.2CH3F3NO4PS.2Rh.2Y/c2*1-2-7-4-3-6(1)5-7;2*2-1(3,4)11(8,9)5-10(6)7;;;;/h2*1,3,6-7H,5H2;2*6-7,10H;;;;/q2*-2;;;2*+3;;. The Bertz CT molecular complexity index is 942. The minimum Gasteiger partial charge on any atom is -0.527 e. The van der Waals surface area contributed by atoms with Crippen LogP contribution in [-0.2, 0) is 124 Å². The maximum atomic E-state index is 11.3. The summed E-state index contributed by atoms with van der Waals surface area (Å²) in [5.41, 5.74) is -11.1. The zero-order chi connectivity index (χ0) is 27.9. The Hall–Kier alpha value is 2.51. The van der Waals surface area contributed by atoms with Gasteiger partial charge in [-0.15, -0.1) is 0 Å². The van der Waals surface area contributed by atoms with Gasteiger partial charge >= 0.3 is 50.0 Å². The molecule has 0 aromatic rings. The van der Waals surface area contributed by atoms with Crippen LogP contribution in [0.25, 0.3) is 8.99 Å². The van der Waals surface area contributed by atoms with Gasteiger partial charge < -0.3 is 45.1 Å². The number of allylic oxidation sites excluding steroid dienone is 8. The fraction of sp³-hybridized carbons (Fsp3) is 0.500. The summed E-state index contributed by atoms with van der Waals surface area (Å²) in [5, 5.41) is 0. The first-order valence-electron chi connectivity index (χ1n) is 9.19. The van der Waals surface area contributed by atoms with Gasteiger partial charge in [-0.2, -0.15) is 26.3 Å². The summed E-state index contributed by atoms with van der Waals surface area (Å²) in [6, 6.07) is 0. The van der Waals surface area contributed by atoms with Crippen molar-refractivity contribution in [3.8, 4) is 0 Å². The van der Waals surface area contributed by atoms with Gasteiger partial charge in [0.05, 0.1) is 0 Å². The van der Waals surface area contributed by atoms with Crippen molar-refractivity contribution in [2.45, 2.75) is 23.9 Å². The molecule has 0 saturated heterocycles. The van der Waals surface area contributed by atoms with Crippen molar-refractivity contribution in [1.29, 1.82) is 0 Å². The van der Waals surface area contributed by atoms with Gasteiger partial charge in [0.15, 0.2) is 17.1 Å². The minimum atomic E-state index is -5.73. The van der Waals surface area contributed by atoms with Crippen LogP contribution in [0, 0.1) is 48.0 Å². The van der Waals surface area contributed by atoms with E-state index in [1.807, 2.05) is 0 Å². The van der Waals surface area contributed by atoms with Crippen molar-refractivity contribution in [2.75, 3.05) is 0 Å². The molecule has 4 aliphatic carbocycles. The summed E-state index contributed by atoms with van der Waals surface area (Å²) in [6.45, 7) is 0. The van der Waals surface area contributed by atoms with E-state index in [0.29, 0.717) is 23.7 Å². The van der Waals surface area contributed by atoms with E-state index < -0.39 is 48.1 Å². The number of rotatable bonds is 4. The van der Waals surface area contributed by atoms with Crippen LogP contribution in [0.4, 0.5) is 26.3 Å². The summed E-state index contributed by atoms with van der Waals surface area (Å²) in [4.78, 5) is 31.5. The molecule has 4 bridgehead atoms. The van der Waals surface area contributed by atoms with Crippen molar-refractivity contribution in [3.63, 3.8) is 0 Å². The van der Waals surface area contributed by atoms with Crippen molar-refractivity contribution in [1.82, 2.24) is 0 Å². The fourth-order valence-electron chi connectivity index (χ4n) is 2.56. The molecular formula is C16H18F6N2O8P2Rh2S2Y2+2.